The fourth-order valence-electron chi connectivity index (χ4n) is 4.13. The van der Waals surface area contributed by atoms with Gasteiger partial charge in [0, 0.05) is 19.3 Å². The number of rotatable bonds is 7. The molecule has 2 aliphatic rings. The van der Waals surface area contributed by atoms with Crippen LogP contribution in [0.25, 0.3) is 0 Å². The summed E-state index contributed by atoms with van der Waals surface area (Å²) in [6.07, 6.45) is 9.13. The van der Waals surface area contributed by atoms with Crippen molar-refractivity contribution in [2.24, 2.45) is 5.92 Å². The van der Waals surface area contributed by atoms with Crippen molar-refractivity contribution < 1.29 is 9.47 Å². The van der Waals surface area contributed by atoms with Crippen molar-refractivity contribution in [2.75, 3.05) is 19.8 Å². The molecule has 0 aromatic carbocycles. The summed E-state index contributed by atoms with van der Waals surface area (Å²) in [6.45, 7) is 9.39. The molecule has 1 aliphatic heterocycles. The first-order valence-corrected chi connectivity index (χ1v) is 8.69. The zero-order valence-corrected chi connectivity index (χ0v) is 13.6. The third-order valence-corrected chi connectivity index (χ3v) is 5.12. The fourth-order valence-corrected chi connectivity index (χ4v) is 4.13. The van der Waals surface area contributed by atoms with Crippen LogP contribution in [0, 0.1) is 5.92 Å². The monoisotopic (exact) mass is 283 g/mol. The first kappa shape index (κ1) is 16.3. The van der Waals surface area contributed by atoms with Crippen molar-refractivity contribution in [3.63, 3.8) is 0 Å². The maximum Gasteiger partial charge on any atom is 0.0702 e. The summed E-state index contributed by atoms with van der Waals surface area (Å²) in [5, 5.41) is 3.75. The van der Waals surface area contributed by atoms with Crippen LogP contribution in [0.1, 0.15) is 65.7 Å². The molecule has 20 heavy (non-hydrogen) atoms. The minimum atomic E-state index is 0.209. The Morgan fingerprint density at radius 3 is 2.70 bits per heavy atom. The molecule has 3 nitrogen and oxygen atoms in total. The highest BCUT2D eigenvalue weighted by Gasteiger charge is 2.42. The van der Waals surface area contributed by atoms with Crippen molar-refractivity contribution >= 4 is 0 Å². The Bertz CT molecular complexity index is 276. The second-order valence-electron chi connectivity index (χ2n) is 6.63. The van der Waals surface area contributed by atoms with E-state index in [1.54, 1.807) is 0 Å². The van der Waals surface area contributed by atoms with E-state index in [4.69, 9.17) is 9.47 Å². The van der Waals surface area contributed by atoms with Crippen LogP contribution in [0.5, 0.6) is 0 Å². The Kier molecular flexibility index (Phi) is 6.31. The number of hydrogen-bond donors (Lipinski definition) is 1. The molecule has 1 N–H and O–H groups in total. The van der Waals surface area contributed by atoms with Gasteiger partial charge in [-0.15, -0.1) is 0 Å². The molecule has 1 heterocycles. The zero-order valence-electron chi connectivity index (χ0n) is 13.6. The van der Waals surface area contributed by atoms with Gasteiger partial charge in [0.15, 0.2) is 0 Å². The third kappa shape index (κ3) is 3.96. The molecule has 3 heteroatoms. The Hall–Kier alpha value is -0.120. The van der Waals surface area contributed by atoms with Crippen molar-refractivity contribution in [1.29, 1.82) is 0 Å². The lowest BCUT2D eigenvalue weighted by molar-refractivity contribution is -0.107. The number of ether oxygens (including phenoxy) is 2. The predicted molar refractivity (Wildman–Crippen MR) is 83.0 cm³/mol. The summed E-state index contributed by atoms with van der Waals surface area (Å²) in [6, 6.07) is 0.483. The average Bonchev–Trinajstić information content (AvgIpc) is 2.87. The van der Waals surface area contributed by atoms with Gasteiger partial charge in [0.2, 0.25) is 0 Å². The minimum absolute atomic E-state index is 0.209. The Morgan fingerprint density at radius 1 is 1.30 bits per heavy atom. The standard InChI is InChI=1S/C17H33NO2/c1-4-11-18-16(14(3)19-5-2)15-8-12-20-17(13-15)9-6-7-10-17/h14-16,18H,4-13H2,1-3H3. The molecule has 1 spiro atoms. The average molecular weight is 283 g/mol. The van der Waals surface area contributed by atoms with E-state index < -0.39 is 0 Å². The summed E-state index contributed by atoms with van der Waals surface area (Å²) in [4.78, 5) is 0. The van der Waals surface area contributed by atoms with Gasteiger partial charge in [-0.05, 0) is 58.4 Å². The number of nitrogens with one attached hydrogen (secondary N) is 1. The molecule has 0 amide bonds. The molecule has 2 fully saturated rings. The van der Waals surface area contributed by atoms with Gasteiger partial charge in [0.1, 0.15) is 0 Å². The van der Waals surface area contributed by atoms with Crippen molar-refractivity contribution in [1.82, 2.24) is 5.32 Å². The van der Waals surface area contributed by atoms with Gasteiger partial charge in [-0.25, -0.2) is 0 Å². The Balaban J connectivity index is 1.99. The summed E-state index contributed by atoms with van der Waals surface area (Å²) in [5.41, 5.74) is 0.209. The smallest absolute Gasteiger partial charge is 0.0702 e. The van der Waals surface area contributed by atoms with Gasteiger partial charge < -0.3 is 14.8 Å². The van der Waals surface area contributed by atoms with Crippen LogP contribution in [0.3, 0.4) is 0 Å². The van der Waals surface area contributed by atoms with Gasteiger partial charge in [-0.1, -0.05) is 19.8 Å². The molecule has 3 unspecified atom stereocenters. The van der Waals surface area contributed by atoms with E-state index in [0.29, 0.717) is 18.1 Å². The quantitative estimate of drug-likeness (QED) is 0.775. The Labute approximate surface area is 124 Å². The van der Waals surface area contributed by atoms with Crippen LogP contribution in [0.15, 0.2) is 0 Å². The maximum atomic E-state index is 6.18. The molecule has 0 radical (unpaired) electrons. The highest BCUT2D eigenvalue weighted by molar-refractivity contribution is 4.95. The molecule has 0 bridgehead atoms. The van der Waals surface area contributed by atoms with E-state index in [0.717, 1.165) is 19.8 Å². The van der Waals surface area contributed by atoms with E-state index in [1.165, 1.54) is 44.9 Å². The lowest BCUT2D eigenvalue weighted by Crippen LogP contribution is -2.51. The molecular weight excluding hydrogens is 250 g/mol. The molecular formula is C17H33NO2. The van der Waals surface area contributed by atoms with E-state index in [-0.39, 0.29) is 5.60 Å². The van der Waals surface area contributed by atoms with E-state index >= 15 is 0 Å². The molecule has 3 atom stereocenters. The predicted octanol–water partition coefficient (Wildman–Crippen LogP) is 3.52. The summed E-state index contributed by atoms with van der Waals surface area (Å²) < 4.78 is 12.1. The van der Waals surface area contributed by atoms with Crippen LogP contribution in [-0.2, 0) is 9.47 Å². The molecule has 118 valence electrons. The highest BCUT2D eigenvalue weighted by atomic mass is 16.5. The third-order valence-electron chi connectivity index (χ3n) is 5.12. The summed E-state index contributed by atoms with van der Waals surface area (Å²) in [5.74, 6) is 0.704. The largest absolute Gasteiger partial charge is 0.377 e. The lowest BCUT2D eigenvalue weighted by atomic mass is 9.79. The molecule has 2 rings (SSSR count). The van der Waals surface area contributed by atoms with Crippen LogP contribution < -0.4 is 5.32 Å². The first-order chi connectivity index (χ1) is 9.71. The van der Waals surface area contributed by atoms with Gasteiger partial charge in [0.25, 0.3) is 0 Å². The van der Waals surface area contributed by atoms with Gasteiger partial charge in [0.05, 0.1) is 11.7 Å². The van der Waals surface area contributed by atoms with Crippen LogP contribution in [0.4, 0.5) is 0 Å². The van der Waals surface area contributed by atoms with E-state index in [2.05, 4.69) is 26.1 Å². The van der Waals surface area contributed by atoms with E-state index in [1.807, 2.05) is 0 Å². The van der Waals surface area contributed by atoms with Crippen LogP contribution in [0.2, 0.25) is 0 Å². The first-order valence-electron chi connectivity index (χ1n) is 8.69. The molecule has 0 aromatic heterocycles. The normalized spacial score (nSPS) is 28.6. The molecule has 1 aliphatic carbocycles. The lowest BCUT2D eigenvalue weighted by Gasteiger charge is -2.43. The second kappa shape index (κ2) is 7.77. The van der Waals surface area contributed by atoms with Gasteiger partial charge in [-0.3, -0.25) is 0 Å². The molecule has 1 saturated heterocycles. The summed E-state index contributed by atoms with van der Waals surface area (Å²) >= 11 is 0. The SMILES string of the molecule is CCCNC(C1CCOC2(CCCC2)C1)C(C)OCC. The fraction of sp³-hybridized carbons (Fsp3) is 1.00. The highest BCUT2D eigenvalue weighted by Crippen LogP contribution is 2.43. The van der Waals surface area contributed by atoms with Gasteiger partial charge >= 0.3 is 0 Å². The molecule has 1 saturated carbocycles. The zero-order chi connectivity index (χ0) is 14.4. The van der Waals surface area contributed by atoms with Crippen molar-refractivity contribution in [2.45, 2.75) is 83.5 Å². The van der Waals surface area contributed by atoms with Crippen LogP contribution >= 0.6 is 0 Å². The van der Waals surface area contributed by atoms with Crippen molar-refractivity contribution in [3.8, 4) is 0 Å². The number of hydrogen-bond acceptors (Lipinski definition) is 3. The molecule has 0 aromatic rings. The van der Waals surface area contributed by atoms with Gasteiger partial charge in [-0.2, -0.15) is 0 Å². The topological polar surface area (TPSA) is 30.5 Å². The maximum absolute atomic E-state index is 6.18. The van der Waals surface area contributed by atoms with Crippen LogP contribution in [-0.4, -0.2) is 37.5 Å². The van der Waals surface area contributed by atoms with E-state index in [9.17, 15) is 0 Å². The van der Waals surface area contributed by atoms with Crippen molar-refractivity contribution in [3.05, 3.63) is 0 Å². The summed E-state index contributed by atoms with van der Waals surface area (Å²) in [7, 11) is 0. The Morgan fingerprint density at radius 2 is 2.05 bits per heavy atom. The minimum Gasteiger partial charge on any atom is -0.377 e. The second-order valence-corrected chi connectivity index (χ2v) is 6.63.